The number of benzene rings is 1. The minimum Gasteiger partial charge on any atom is -0.480 e. The number of carbonyl (C=O) groups is 15. The number of carboxylic acid groups (broad SMARTS) is 1. The molecule has 0 spiro atoms. The van der Waals surface area contributed by atoms with Crippen LogP contribution >= 0.6 is 0 Å². The molecule has 0 aromatic heterocycles. The summed E-state index contributed by atoms with van der Waals surface area (Å²) in [6.07, 6.45) is -0.329. The van der Waals surface area contributed by atoms with Gasteiger partial charge in [0.05, 0.1) is 31.9 Å². The second-order valence-corrected chi connectivity index (χ2v) is 28.5. The Morgan fingerprint density at radius 2 is 0.932 bits per heavy atom. The fraction of sp³-hybridized carbons (Fsp3) is 0.696. The smallest absolute Gasteiger partial charge is 0.326 e. The first-order chi connectivity index (χ1) is 48.5. The zero-order valence-electron chi connectivity index (χ0n) is 61.0. The number of hydrogen-bond donors (Lipinski definition) is 16. The average Bonchev–Trinajstić information content (AvgIpc) is 1.73. The molecule has 18 N–H and O–H groups in total. The number of nitrogens with one attached hydrogen (secondary N) is 10. The number of aliphatic hydroxyl groups is 3. The number of carboxylic acids is 1. The lowest BCUT2D eigenvalue weighted by Crippen LogP contribution is -2.62. The molecule has 0 saturated carbocycles. The molecular weight excluding hydrogens is 1340 g/mol. The van der Waals surface area contributed by atoms with E-state index in [1.54, 1.807) is 99.6 Å². The number of nitrogens with two attached hydrogens (primary N) is 2. The lowest BCUT2D eigenvalue weighted by molar-refractivity contribution is -0.145. The van der Waals surface area contributed by atoms with Crippen LogP contribution in [0.4, 0.5) is 0 Å². The maximum Gasteiger partial charge on any atom is 0.326 e. The van der Waals surface area contributed by atoms with Crippen molar-refractivity contribution in [3.05, 3.63) is 35.9 Å². The molecule has 576 valence electrons. The summed E-state index contributed by atoms with van der Waals surface area (Å²) in [6.45, 7) is 16.2. The molecule has 3 saturated heterocycles. The average molecular weight is 1450 g/mol. The van der Waals surface area contributed by atoms with Crippen LogP contribution in [0.15, 0.2) is 30.3 Å². The molecule has 3 heterocycles. The Balaban J connectivity index is 1.42. The summed E-state index contributed by atoms with van der Waals surface area (Å²) < 4.78 is 0. The number of carbonyl (C=O) groups excluding carboxylic acids is 14. The number of primary amides is 1. The van der Waals surface area contributed by atoms with Gasteiger partial charge in [-0.3, -0.25) is 67.1 Å². The molecule has 1 aromatic rings. The molecule has 103 heavy (non-hydrogen) atoms. The maximum absolute atomic E-state index is 14.4. The van der Waals surface area contributed by atoms with Crippen molar-refractivity contribution in [1.82, 2.24) is 67.9 Å². The van der Waals surface area contributed by atoms with E-state index in [9.17, 15) is 92.3 Å². The lowest BCUT2D eigenvalue weighted by Gasteiger charge is -2.32. The third kappa shape index (κ3) is 25.8. The van der Waals surface area contributed by atoms with Crippen molar-refractivity contribution in [1.29, 1.82) is 0 Å². The molecule has 1 aromatic carbocycles. The third-order valence-electron chi connectivity index (χ3n) is 18.6. The van der Waals surface area contributed by atoms with Crippen LogP contribution in [0.5, 0.6) is 0 Å². The van der Waals surface area contributed by atoms with E-state index >= 15 is 0 Å². The van der Waals surface area contributed by atoms with Gasteiger partial charge in [0, 0.05) is 32.5 Å². The molecule has 15 atom stereocenters. The van der Waals surface area contributed by atoms with Gasteiger partial charge in [0.25, 0.3) is 0 Å². The van der Waals surface area contributed by atoms with E-state index in [4.69, 9.17) is 11.5 Å². The van der Waals surface area contributed by atoms with Crippen molar-refractivity contribution in [3.8, 4) is 0 Å². The van der Waals surface area contributed by atoms with E-state index in [1.807, 2.05) is 0 Å². The van der Waals surface area contributed by atoms with Gasteiger partial charge in [-0.25, -0.2) is 4.79 Å². The van der Waals surface area contributed by atoms with Crippen LogP contribution in [-0.4, -0.2) is 248 Å². The Kier molecular flexibility index (Phi) is 34.8. The zero-order valence-corrected chi connectivity index (χ0v) is 61.0. The van der Waals surface area contributed by atoms with E-state index in [-0.39, 0.29) is 88.8 Å². The Morgan fingerprint density at radius 1 is 0.495 bits per heavy atom. The van der Waals surface area contributed by atoms with Crippen molar-refractivity contribution in [2.45, 2.75) is 238 Å². The molecule has 3 aliphatic rings. The number of aliphatic carboxylic acids is 1. The van der Waals surface area contributed by atoms with E-state index < -0.39 is 205 Å². The first-order valence-electron chi connectivity index (χ1n) is 35.6. The molecule has 3 fully saturated rings. The van der Waals surface area contributed by atoms with Crippen LogP contribution in [0, 0.1) is 29.6 Å². The summed E-state index contributed by atoms with van der Waals surface area (Å²) in [4.78, 5) is 208. The summed E-state index contributed by atoms with van der Waals surface area (Å²) >= 11 is 0. The maximum atomic E-state index is 14.4. The van der Waals surface area contributed by atoms with Gasteiger partial charge in [-0.1, -0.05) is 106 Å². The molecule has 0 bridgehead atoms. The van der Waals surface area contributed by atoms with Crippen LogP contribution in [-0.2, 0) is 78.3 Å². The fourth-order valence-electron chi connectivity index (χ4n) is 12.4. The number of rotatable bonds is 40. The summed E-state index contributed by atoms with van der Waals surface area (Å²) in [5.74, 6) is -14.5. The van der Waals surface area contributed by atoms with Gasteiger partial charge in [-0.05, 0) is 99.9 Å². The van der Waals surface area contributed by atoms with Crippen LogP contribution in [0.25, 0.3) is 0 Å². The number of amides is 14. The monoisotopic (exact) mass is 1450 g/mol. The minimum absolute atomic E-state index is 0.0269. The van der Waals surface area contributed by atoms with Gasteiger partial charge in [0.2, 0.25) is 82.7 Å². The molecule has 14 amide bonds. The standard InChI is InChI=1S/C69H111N15O19/c1-12-39(10)55(80-62(95)49-22-16-26-82(49)52(89)32-72-60(93)48-21-17-27-83(48)67(100)44(30-36(4)5)76-66(99)56(40(11)87)81-64(97)54(38(8)9)79-63(96)53(71)37(6)7)65(98)74-43(29-35(2)3)57(90)77-47(34-86)59(92)78-46(33-85)58(91)75-45(31-41-19-14-13-15-20-41)68(101)84-28-18-23-50(84)61(94)73-42(69(102)103)24-25-51(70)88/h13-15,19-20,35-40,42-50,53-56,85-87H,12,16-18,21-34,71H2,1-11H3,(H2,70,88)(H,72,93)(H,73,94)(H,74,98)(H,75,91)(H,76,99)(H,77,90)(H,78,92)(H,79,96)(H,80,95)(H,81,97)(H,102,103)/t39-,40+,42-,43-,44-,45-,46-,47-,48-,49-,50-,53-,54-,55-,56-/m0/s1. The number of likely N-dealkylation sites (tertiary alicyclic amines) is 3. The summed E-state index contributed by atoms with van der Waals surface area (Å²) in [5, 5.41) is 66.8. The SMILES string of the molecule is CC[C@H](C)[C@H](NC(=O)[C@@H]1CCCN1C(=O)CNC(=O)[C@@H]1CCCN1C(=O)[C@H](CC(C)C)NC(=O)[C@@H](NC(=O)[C@@H](NC(=O)[C@@H](N)C(C)C)C(C)C)[C@@H](C)O)C(=O)N[C@@H](CC(C)C)C(=O)N[C@@H](CO)C(=O)N[C@@H](CO)C(=O)N[C@@H](Cc1ccccc1)C(=O)N1CCC[C@H]1C(=O)N[C@@H](CCC(N)=O)C(=O)O. The van der Waals surface area contributed by atoms with Crippen LogP contribution in [0.3, 0.4) is 0 Å². The third-order valence-corrected chi connectivity index (χ3v) is 18.6. The van der Waals surface area contributed by atoms with Crippen molar-refractivity contribution in [2.24, 2.45) is 41.1 Å². The van der Waals surface area contributed by atoms with E-state index in [0.29, 0.717) is 31.2 Å². The van der Waals surface area contributed by atoms with Crippen molar-refractivity contribution in [3.63, 3.8) is 0 Å². The lowest BCUT2D eigenvalue weighted by atomic mass is 9.96. The largest absolute Gasteiger partial charge is 0.480 e. The highest BCUT2D eigenvalue weighted by Gasteiger charge is 2.44. The number of hydrogen-bond acceptors (Lipinski definition) is 19. The van der Waals surface area contributed by atoms with Crippen molar-refractivity contribution >= 4 is 88.7 Å². The summed E-state index contributed by atoms with van der Waals surface area (Å²) in [6, 6.07) is -9.08. The molecule has 3 aliphatic heterocycles. The number of nitrogens with zero attached hydrogens (tertiary/aromatic N) is 3. The molecule has 34 nitrogen and oxygen atoms in total. The number of aliphatic hydroxyl groups excluding tert-OH is 3. The highest BCUT2D eigenvalue weighted by molar-refractivity contribution is 6.00. The molecule has 0 radical (unpaired) electrons. The molecule has 34 heteroatoms. The Labute approximate surface area is 600 Å². The second-order valence-electron chi connectivity index (χ2n) is 28.5. The van der Waals surface area contributed by atoms with E-state index in [0.717, 1.165) is 0 Å². The second kappa shape index (κ2) is 41.4. The minimum atomic E-state index is -1.80. The van der Waals surface area contributed by atoms with Gasteiger partial charge in [0.1, 0.15) is 72.5 Å². The summed E-state index contributed by atoms with van der Waals surface area (Å²) in [7, 11) is 0. The highest BCUT2D eigenvalue weighted by Crippen LogP contribution is 2.24. The van der Waals surface area contributed by atoms with Crippen molar-refractivity contribution < 1.29 is 92.3 Å². The van der Waals surface area contributed by atoms with Gasteiger partial charge in [-0.15, -0.1) is 0 Å². The first-order valence-corrected chi connectivity index (χ1v) is 35.6. The van der Waals surface area contributed by atoms with E-state index in [1.165, 1.54) is 21.6 Å². The van der Waals surface area contributed by atoms with Crippen molar-refractivity contribution in [2.75, 3.05) is 39.4 Å². The van der Waals surface area contributed by atoms with Gasteiger partial charge in [-0.2, -0.15) is 0 Å². The topological polar surface area (TPSA) is 519 Å². The Morgan fingerprint density at radius 3 is 1.42 bits per heavy atom. The fourth-order valence-corrected chi connectivity index (χ4v) is 12.4. The summed E-state index contributed by atoms with van der Waals surface area (Å²) in [5.41, 5.74) is 11.8. The normalized spacial score (nSPS) is 19.4. The van der Waals surface area contributed by atoms with Crippen LogP contribution < -0.4 is 64.6 Å². The Bertz CT molecular complexity index is 3140. The molecule has 0 aliphatic carbocycles. The Hall–Kier alpha value is -8.89. The van der Waals surface area contributed by atoms with Gasteiger partial charge >= 0.3 is 5.97 Å². The van der Waals surface area contributed by atoms with Crippen LogP contribution in [0.2, 0.25) is 0 Å². The van der Waals surface area contributed by atoms with Gasteiger partial charge in [0.15, 0.2) is 0 Å². The molecule has 4 rings (SSSR count). The van der Waals surface area contributed by atoms with Gasteiger partial charge < -0.3 is 99.8 Å². The first kappa shape index (κ1) is 86.5. The van der Waals surface area contributed by atoms with Crippen LogP contribution in [0.1, 0.15) is 152 Å². The molecular formula is C69H111N15O19. The quantitative estimate of drug-likeness (QED) is 0.0299. The predicted octanol–water partition coefficient (Wildman–Crippen LogP) is -3.83. The molecule has 0 unspecified atom stereocenters. The predicted molar refractivity (Wildman–Crippen MR) is 373 cm³/mol. The zero-order chi connectivity index (χ0) is 77.3. The van der Waals surface area contributed by atoms with E-state index in [2.05, 4.69) is 53.2 Å². The highest BCUT2D eigenvalue weighted by atomic mass is 16.4.